The Kier molecular flexibility index (Phi) is 2.91. The quantitative estimate of drug-likeness (QED) is 0.829. The first kappa shape index (κ1) is 9.77. The van der Waals surface area contributed by atoms with Gasteiger partial charge in [0.15, 0.2) is 0 Å². The maximum Gasteiger partial charge on any atom is 0.145 e. The molecule has 0 amide bonds. The minimum atomic E-state index is 0.149. The Labute approximate surface area is 87.8 Å². The highest BCUT2D eigenvalue weighted by Crippen LogP contribution is 2.27. The number of hydrogen-bond donors (Lipinski definition) is 1. The van der Waals surface area contributed by atoms with Gasteiger partial charge in [0.05, 0.1) is 18.2 Å². The molecule has 1 aromatic rings. The van der Waals surface area contributed by atoms with Crippen molar-refractivity contribution in [3.05, 3.63) is 28.8 Å². The molecule has 1 aliphatic rings. The summed E-state index contributed by atoms with van der Waals surface area (Å²) in [6.45, 7) is 1.79. The van der Waals surface area contributed by atoms with Crippen LogP contribution in [-0.2, 0) is 11.3 Å². The number of halogens is 1. The van der Waals surface area contributed by atoms with Crippen molar-refractivity contribution in [3.63, 3.8) is 0 Å². The zero-order valence-corrected chi connectivity index (χ0v) is 8.46. The molecule has 0 atom stereocenters. The van der Waals surface area contributed by atoms with Crippen LogP contribution in [0.5, 0.6) is 5.75 Å². The highest BCUT2D eigenvalue weighted by atomic mass is 35.5. The van der Waals surface area contributed by atoms with E-state index in [1.807, 2.05) is 18.2 Å². The van der Waals surface area contributed by atoms with Gasteiger partial charge in [0.2, 0.25) is 0 Å². The Morgan fingerprint density at radius 2 is 2.29 bits per heavy atom. The molecule has 0 saturated carbocycles. The molecule has 1 saturated heterocycles. The Bertz CT molecular complexity index is 326. The number of hydrogen-bond acceptors (Lipinski definition) is 3. The lowest BCUT2D eigenvalue weighted by Gasteiger charge is -2.27. The molecule has 0 unspecified atom stereocenters. The van der Waals surface area contributed by atoms with Crippen molar-refractivity contribution < 1.29 is 9.47 Å². The lowest BCUT2D eigenvalue weighted by Crippen LogP contribution is -2.38. The van der Waals surface area contributed by atoms with Crippen LogP contribution < -0.4 is 10.5 Å². The van der Waals surface area contributed by atoms with E-state index in [0.717, 1.165) is 5.56 Å². The van der Waals surface area contributed by atoms with Crippen molar-refractivity contribution >= 4 is 11.6 Å². The normalized spacial score (nSPS) is 16.4. The molecule has 1 aliphatic heterocycles. The first-order valence-electron chi connectivity index (χ1n) is 4.52. The van der Waals surface area contributed by atoms with E-state index in [1.165, 1.54) is 0 Å². The number of ether oxygens (including phenoxy) is 2. The van der Waals surface area contributed by atoms with Crippen LogP contribution >= 0.6 is 11.6 Å². The van der Waals surface area contributed by atoms with Gasteiger partial charge >= 0.3 is 0 Å². The summed E-state index contributed by atoms with van der Waals surface area (Å²) in [7, 11) is 0. The Balaban J connectivity index is 2.09. The summed E-state index contributed by atoms with van der Waals surface area (Å²) in [5, 5.41) is 0.611. The lowest BCUT2D eigenvalue weighted by atomic mass is 10.2. The largest absolute Gasteiger partial charge is 0.484 e. The third-order valence-corrected chi connectivity index (χ3v) is 2.43. The third kappa shape index (κ3) is 2.00. The van der Waals surface area contributed by atoms with Crippen LogP contribution in [0.3, 0.4) is 0 Å². The minimum absolute atomic E-state index is 0.149. The predicted octanol–water partition coefficient (Wildman–Crippen LogP) is 1.58. The Morgan fingerprint density at radius 1 is 1.50 bits per heavy atom. The average Bonchev–Trinajstić information content (AvgIpc) is 2.13. The van der Waals surface area contributed by atoms with E-state index in [4.69, 9.17) is 26.8 Å². The summed E-state index contributed by atoms with van der Waals surface area (Å²) in [6.07, 6.45) is 0.149. The van der Waals surface area contributed by atoms with Crippen molar-refractivity contribution in [2.24, 2.45) is 5.73 Å². The van der Waals surface area contributed by atoms with Crippen LogP contribution in [0.4, 0.5) is 0 Å². The standard InChI is InChI=1S/C10H12ClNO2/c11-9-3-7(4-12)1-2-10(9)14-8-5-13-6-8/h1-3,8H,4-6,12H2. The fraction of sp³-hybridized carbons (Fsp3) is 0.400. The van der Waals surface area contributed by atoms with Crippen LogP contribution in [0, 0.1) is 0 Å². The van der Waals surface area contributed by atoms with Gasteiger partial charge in [-0.2, -0.15) is 0 Å². The van der Waals surface area contributed by atoms with Crippen molar-refractivity contribution in [2.45, 2.75) is 12.6 Å². The number of benzene rings is 1. The van der Waals surface area contributed by atoms with Crippen LogP contribution in [0.15, 0.2) is 18.2 Å². The van der Waals surface area contributed by atoms with Crippen molar-refractivity contribution in [1.29, 1.82) is 0 Å². The van der Waals surface area contributed by atoms with Gasteiger partial charge in [0.1, 0.15) is 11.9 Å². The van der Waals surface area contributed by atoms with Gasteiger partial charge in [-0.25, -0.2) is 0 Å². The minimum Gasteiger partial charge on any atom is -0.484 e. The highest BCUT2D eigenvalue weighted by molar-refractivity contribution is 6.32. The topological polar surface area (TPSA) is 44.5 Å². The van der Waals surface area contributed by atoms with E-state index < -0.39 is 0 Å². The molecule has 4 heteroatoms. The lowest BCUT2D eigenvalue weighted by molar-refractivity contribution is -0.0796. The van der Waals surface area contributed by atoms with Crippen LogP contribution in [-0.4, -0.2) is 19.3 Å². The van der Waals surface area contributed by atoms with E-state index in [-0.39, 0.29) is 6.10 Å². The summed E-state index contributed by atoms with van der Waals surface area (Å²) >= 11 is 6.01. The molecule has 0 aromatic heterocycles. The zero-order chi connectivity index (χ0) is 9.97. The van der Waals surface area contributed by atoms with Gasteiger partial charge in [0.25, 0.3) is 0 Å². The SMILES string of the molecule is NCc1ccc(OC2COC2)c(Cl)c1. The van der Waals surface area contributed by atoms with E-state index in [1.54, 1.807) is 0 Å². The van der Waals surface area contributed by atoms with E-state index in [9.17, 15) is 0 Å². The Morgan fingerprint density at radius 3 is 2.79 bits per heavy atom. The Hall–Kier alpha value is -0.770. The van der Waals surface area contributed by atoms with Crippen LogP contribution in [0.1, 0.15) is 5.56 Å². The molecule has 76 valence electrons. The summed E-state index contributed by atoms with van der Waals surface area (Å²) in [5.41, 5.74) is 6.49. The third-order valence-electron chi connectivity index (χ3n) is 2.13. The molecule has 1 fully saturated rings. The van der Waals surface area contributed by atoms with Gasteiger partial charge in [-0.05, 0) is 17.7 Å². The van der Waals surface area contributed by atoms with Gasteiger partial charge in [-0.3, -0.25) is 0 Å². The van der Waals surface area contributed by atoms with Crippen molar-refractivity contribution in [3.8, 4) is 5.75 Å². The first-order chi connectivity index (χ1) is 6.79. The van der Waals surface area contributed by atoms with Crippen molar-refractivity contribution in [1.82, 2.24) is 0 Å². The molecule has 1 heterocycles. The molecule has 3 nitrogen and oxygen atoms in total. The molecular weight excluding hydrogens is 202 g/mol. The molecule has 0 spiro atoms. The van der Waals surface area contributed by atoms with Crippen LogP contribution in [0.25, 0.3) is 0 Å². The van der Waals surface area contributed by atoms with Crippen molar-refractivity contribution in [2.75, 3.05) is 13.2 Å². The first-order valence-corrected chi connectivity index (χ1v) is 4.90. The summed E-state index contributed by atoms with van der Waals surface area (Å²) in [4.78, 5) is 0. The van der Waals surface area contributed by atoms with Gasteiger partial charge in [-0.1, -0.05) is 17.7 Å². The summed E-state index contributed by atoms with van der Waals surface area (Å²) in [5.74, 6) is 0.706. The number of nitrogens with two attached hydrogens (primary N) is 1. The fourth-order valence-electron chi connectivity index (χ4n) is 1.23. The summed E-state index contributed by atoms with van der Waals surface area (Å²) < 4.78 is 10.6. The summed E-state index contributed by atoms with van der Waals surface area (Å²) in [6, 6.07) is 5.60. The van der Waals surface area contributed by atoms with E-state index in [0.29, 0.717) is 30.5 Å². The maximum atomic E-state index is 6.01. The molecular formula is C10H12ClNO2. The van der Waals surface area contributed by atoms with Gasteiger partial charge in [0, 0.05) is 6.54 Å². The molecule has 0 radical (unpaired) electrons. The zero-order valence-electron chi connectivity index (χ0n) is 7.70. The smallest absolute Gasteiger partial charge is 0.145 e. The molecule has 14 heavy (non-hydrogen) atoms. The second-order valence-corrected chi connectivity index (χ2v) is 3.65. The molecule has 2 rings (SSSR count). The van der Waals surface area contributed by atoms with E-state index >= 15 is 0 Å². The molecule has 2 N–H and O–H groups in total. The molecule has 0 bridgehead atoms. The second kappa shape index (κ2) is 4.17. The highest BCUT2D eigenvalue weighted by Gasteiger charge is 2.20. The fourth-order valence-corrected chi connectivity index (χ4v) is 1.48. The monoisotopic (exact) mass is 213 g/mol. The van der Waals surface area contributed by atoms with Gasteiger partial charge in [-0.15, -0.1) is 0 Å². The molecule has 1 aromatic carbocycles. The van der Waals surface area contributed by atoms with E-state index in [2.05, 4.69) is 0 Å². The van der Waals surface area contributed by atoms with Gasteiger partial charge < -0.3 is 15.2 Å². The average molecular weight is 214 g/mol. The predicted molar refractivity (Wildman–Crippen MR) is 54.6 cm³/mol. The maximum absolute atomic E-state index is 6.01. The number of rotatable bonds is 3. The second-order valence-electron chi connectivity index (χ2n) is 3.25. The molecule has 0 aliphatic carbocycles. The van der Waals surface area contributed by atoms with Crippen LogP contribution in [0.2, 0.25) is 5.02 Å².